The number of carbonyl (C=O) groups is 2. The first-order chi connectivity index (χ1) is 16.7. The van der Waals surface area contributed by atoms with Gasteiger partial charge in [-0.25, -0.2) is 0 Å². The van der Waals surface area contributed by atoms with E-state index >= 15 is 0 Å². The molecule has 3 atom stereocenters. The number of ether oxygens (including phenoxy) is 3. The van der Waals surface area contributed by atoms with Gasteiger partial charge in [0.1, 0.15) is 11.2 Å². The summed E-state index contributed by atoms with van der Waals surface area (Å²) >= 11 is -2.84. The summed E-state index contributed by atoms with van der Waals surface area (Å²) in [5.74, 6) is -0.256. The van der Waals surface area contributed by atoms with E-state index in [2.05, 4.69) is 20.6 Å². The molecular weight excluding hydrogens is 593 g/mol. The topological polar surface area (TPSA) is 173 Å². The number of amides is 2. The van der Waals surface area contributed by atoms with Crippen LogP contribution in [0.15, 0.2) is 20.8 Å². The number of aromatic nitrogens is 2. The van der Waals surface area contributed by atoms with Gasteiger partial charge in [-0.3, -0.25) is 0 Å². The molecule has 4 N–H and O–H groups in total. The van der Waals surface area contributed by atoms with Crippen molar-refractivity contribution in [3.8, 4) is 0 Å². The number of aliphatic hydroxyl groups is 1. The Hall–Kier alpha value is -2.39. The first kappa shape index (κ1) is 30.8. The standard InChI is InChI=1S/C20H30N5O8.3CH3.Sn/c1-19(2,3)32-17(29)23-15(24-18(30)33-20(4,5)6)21-10-12-11(26)9-14(31-12)25-8-7-13(27)22-16(25)28;;;;/h8,11-12,14,26H,9-10H2,1-6H3,(H,22,27,28)(H2,21,23,24,29,30);3*1H3;/t11-,12+,14+;;;;/m0..../s1. The molecule has 2 amide bonds. The minimum Gasteiger partial charge on any atom is -0.0253 e. The summed E-state index contributed by atoms with van der Waals surface area (Å²) in [6, 6.07) is 0. The van der Waals surface area contributed by atoms with E-state index in [9.17, 15) is 24.3 Å². The van der Waals surface area contributed by atoms with Gasteiger partial charge in [0.25, 0.3) is 0 Å². The van der Waals surface area contributed by atoms with Crippen molar-refractivity contribution in [3.05, 3.63) is 27.0 Å². The Kier molecular flexibility index (Phi) is 9.63. The van der Waals surface area contributed by atoms with Gasteiger partial charge in [0.15, 0.2) is 0 Å². The molecule has 37 heavy (non-hydrogen) atoms. The molecule has 2 rings (SSSR count). The molecule has 0 radical (unpaired) electrons. The number of aromatic amines is 1. The maximum absolute atomic E-state index is 12.5. The SMILES string of the molecule is CC(C)(C)OC(=O)N=C(NC[C@H]1O[C@@H](n2c[c]([Sn]([CH3])([CH3])[CH3])c(=O)[nH]c2=O)C[C@@H]1O)NC(=O)OC(C)(C)C. The second kappa shape index (κ2) is 11.6. The van der Waals surface area contributed by atoms with E-state index in [4.69, 9.17) is 14.2 Å². The van der Waals surface area contributed by atoms with E-state index in [1.165, 1.54) is 10.8 Å². The third kappa shape index (κ3) is 9.78. The molecule has 1 fully saturated rings. The average Bonchev–Trinajstić information content (AvgIpc) is 3.02. The van der Waals surface area contributed by atoms with Gasteiger partial charge in [0.2, 0.25) is 0 Å². The summed E-state index contributed by atoms with van der Waals surface area (Å²) in [6.07, 6.45) is -2.80. The second-order valence-corrected chi connectivity index (χ2v) is 26.2. The Morgan fingerprint density at radius 3 is 2.30 bits per heavy atom. The molecule has 2 heterocycles. The number of aliphatic hydroxyl groups excluding tert-OH is 1. The van der Waals surface area contributed by atoms with Crippen molar-refractivity contribution in [2.45, 2.75) is 92.4 Å². The van der Waals surface area contributed by atoms with E-state index in [0.29, 0.717) is 3.58 Å². The summed E-state index contributed by atoms with van der Waals surface area (Å²) in [5, 5.41) is 15.7. The molecule has 0 aromatic carbocycles. The smallest absolute Gasteiger partial charge is 0.0253 e. The Morgan fingerprint density at radius 2 is 1.76 bits per heavy atom. The number of hydrogen-bond donors (Lipinski definition) is 4. The van der Waals surface area contributed by atoms with Crippen molar-refractivity contribution in [1.82, 2.24) is 20.2 Å². The fourth-order valence-electron chi connectivity index (χ4n) is 3.39. The summed E-state index contributed by atoms with van der Waals surface area (Å²) in [4.78, 5) is 61.5. The number of guanidine groups is 1. The van der Waals surface area contributed by atoms with Crippen LogP contribution in [0.1, 0.15) is 54.2 Å². The van der Waals surface area contributed by atoms with Crippen molar-refractivity contribution in [2.75, 3.05) is 6.54 Å². The number of aliphatic imine (C=N–C) groups is 1. The van der Waals surface area contributed by atoms with Crippen molar-refractivity contribution >= 4 is 40.1 Å². The molecule has 1 saturated heterocycles. The second-order valence-electron chi connectivity index (χ2n) is 11.8. The predicted molar refractivity (Wildman–Crippen MR) is 140 cm³/mol. The minimum atomic E-state index is -2.84. The predicted octanol–water partition coefficient (Wildman–Crippen LogP) is 1.14. The Labute approximate surface area is 219 Å². The number of carbonyl (C=O) groups excluding carboxylic acids is 2. The molecule has 0 unspecified atom stereocenters. The molecule has 0 spiro atoms. The van der Waals surface area contributed by atoms with Gasteiger partial charge < -0.3 is 0 Å². The third-order valence-corrected chi connectivity index (χ3v) is 10.6. The summed E-state index contributed by atoms with van der Waals surface area (Å²) in [5.41, 5.74) is -2.62. The van der Waals surface area contributed by atoms with Crippen LogP contribution in [0.25, 0.3) is 0 Å². The summed E-state index contributed by atoms with van der Waals surface area (Å²) in [6.45, 7) is 9.99. The molecular formula is C23H39N5O8Sn. The van der Waals surface area contributed by atoms with Crippen LogP contribution in [0, 0.1) is 0 Å². The minimum absolute atomic E-state index is 0.0709. The van der Waals surface area contributed by atoms with Gasteiger partial charge in [-0.05, 0) is 41.5 Å². The number of hydrogen-bond acceptors (Lipinski definition) is 8. The monoisotopic (exact) mass is 633 g/mol. The van der Waals surface area contributed by atoms with Gasteiger partial charge in [-0.15, -0.1) is 0 Å². The fourth-order valence-corrected chi connectivity index (χ4v) is 7.01. The van der Waals surface area contributed by atoms with Crippen LogP contribution in [0.5, 0.6) is 0 Å². The molecule has 0 aliphatic carbocycles. The van der Waals surface area contributed by atoms with Crippen LogP contribution in [-0.4, -0.2) is 81.1 Å². The number of rotatable bonds is 4. The quantitative estimate of drug-likeness (QED) is 0.216. The van der Waals surface area contributed by atoms with Crippen LogP contribution in [-0.2, 0) is 14.2 Å². The van der Waals surface area contributed by atoms with Gasteiger partial charge in [0.05, 0.1) is 0 Å². The molecule has 14 heteroatoms. The van der Waals surface area contributed by atoms with Crippen LogP contribution in [0.4, 0.5) is 9.59 Å². The number of nitrogens with one attached hydrogen (secondary N) is 3. The summed E-state index contributed by atoms with van der Waals surface area (Å²) in [7, 11) is 0. The van der Waals surface area contributed by atoms with Gasteiger partial charge >= 0.3 is 167 Å². The van der Waals surface area contributed by atoms with Crippen LogP contribution >= 0.6 is 0 Å². The first-order valence-electron chi connectivity index (χ1n) is 12.0. The van der Waals surface area contributed by atoms with E-state index in [1.807, 2.05) is 14.8 Å². The van der Waals surface area contributed by atoms with Gasteiger partial charge in [-0.2, -0.15) is 0 Å². The van der Waals surface area contributed by atoms with E-state index in [-0.39, 0.29) is 18.9 Å². The van der Waals surface area contributed by atoms with Gasteiger partial charge in [0, 0.05) is 0 Å². The van der Waals surface area contributed by atoms with Crippen LogP contribution in [0.3, 0.4) is 0 Å². The van der Waals surface area contributed by atoms with Crippen LogP contribution < -0.4 is 25.5 Å². The molecule has 208 valence electrons. The number of nitrogens with zero attached hydrogens (tertiary/aromatic N) is 2. The summed E-state index contributed by atoms with van der Waals surface area (Å²) < 4.78 is 18.2. The molecule has 0 saturated carbocycles. The molecule has 0 bridgehead atoms. The zero-order valence-electron chi connectivity index (χ0n) is 22.9. The van der Waals surface area contributed by atoms with E-state index in [0.717, 1.165) is 0 Å². The third-order valence-electron chi connectivity index (χ3n) is 4.98. The average molecular weight is 632 g/mol. The molecule has 1 aliphatic rings. The van der Waals surface area contributed by atoms with Gasteiger partial charge in [-0.1, -0.05) is 0 Å². The van der Waals surface area contributed by atoms with E-state index < -0.39 is 71.5 Å². The molecule has 1 aromatic heterocycles. The van der Waals surface area contributed by atoms with E-state index in [1.54, 1.807) is 41.5 Å². The van der Waals surface area contributed by atoms with Crippen molar-refractivity contribution in [1.29, 1.82) is 0 Å². The molecule has 1 aliphatic heterocycles. The Balaban J connectivity index is 2.19. The van der Waals surface area contributed by atoms with Crippen molar-refractivity contribution in [3.63, 3.8) is 0 Å². The number of alkyl carbamates (subject to hydrolysis) is 1. The zero-order valence-corrected chi connectivity index (χ0v) is 25.8. The van der Waals surface area contributed by atoms with Crippen molar-refractivity contribution in [2.24, 2.45) is 4.99 Å². The molecule has 1 aromatic rings. The first-order valence-corrected chi connectivity index (χ1v) is 22.0. The van der Waals surface area contributed by atoms with Crippen LogP contribution in [0.2, 0.25) is 14.8 Å². The fraction of sp³-hybridized carbons (Fsp3) is 0.696. The normalized spacial score (nSPS) is 20.9. The van der Waals surface area contributed by atoms with Crippen molar-refractivity contribution < 1.29 is 28.9 Å². The maximum atomic E-state index is 12.5. The molecule has 13 nitrogen and oxygen atoms in total. The number of H-pyrrole nitrogens is 1. The zero-order chi connectivity index (χ0) is 28.3. The Bertz CT molecular complexity index is 1140. The Morgan fingerprint density at radius 1 is 1.16 bits per heavy atom.